The lowest BCUT2D eigenvalue weighted by atomic mass is 10.2. The van der Waals surface area contributed by atoms with Gasteiger partial charge in [0.1, 0.15) is 17.7 Å². The van der Waals surface area contributed by atoms with Gasteiger partial charge < -0.3 is 14.3 Å². The van der Waals surface area contributed by atoms with Crippen LogP contribution in [0, 0.1) is 6.92 Å². The van der Waals surface area contributed by atoms with E-state index in [1.165, 1.54) is 6.33 Å². The van der Waals surface area contributed by atoms with Gasteiger partial charge in [-0.15, -0.1) is 0 Å². The fraction of sp³-hybridized carbons (Fsp3) is 0.462. The molecule has 0 saturated heterocycles. The highest BCUT2D eigenvalue weighted by Crippen LogP contribution is 2.13. The zero-order valence-electron chi connectivity index (χ0n) is 11.4. The molecule has 0 fully saturated rings. The molecule has 0 aromatic carbocycles. The third-order valence-corrected chi connectivity index (χ3v) is 2.96. The van der Waals surface area contributed by atoms with Crippen LogP contribution in [0.25, 0.3) is 0 Å². The van der Waals surface area contributed by atoms with Crippen LogP contribution in [0.1, 0.15) is 42.1 Å². The molecule has 102 valence electrons. The second-order valence-electron chi connectivity index (χ2n) is 4.28. The summed E-state index contributed by atoms with van der Waals surface area (Å²) in [7, 11) is 0. The lowest BCUT2D eigenvalue weighted by Gasteiger charge is -2.15. The number of carbonyl (C=O) groups is 1. The quantitative estimate of drug-likeness (QED) is 0.807. The highest BCUT2D eigenvalue weighted by atomic mass is 16.5. The Morgan fingerprint density at radius 2 is 2.32 bits per heavy atom. The molecule has 6 heteroatoms. The van der Waals surface area contributed by atoms with Crippen LogP contribution in [-0.2, 0) is 11.2 Å². The first kappa shape index (κ1) is 13.5. The van der Waals surface area contributed by atoms with Gasteiger partial charge in [-0.25, -0.2) is 9.97 Å². The highest BCUT2D eigenvalue weighted by molar-refractivity contribution is 5.96. The monoisotopic (exact) mass is 262 g/mol. The number of H-pyrrole nitrogens is 1. The fourth-order valence-electron chi connectivity index (χ4n) is 2.00. The number of nitrogens with one attached hydrogen (secondary N) is 1. The minimum absolute atomic E-state index is 0.0464. The second kappa shape index (κ2) is 5.79. The Labute approximate surface area is 111 Å². The van der Waals surface area contributed by atoms with Gasteiger partial charge in [0.05, 0.1) is 12.7 Å². The molecule has 2 rings (SSSR count). The zero-order chi connectivity index (χ0) is 13.8. The van der Waals surface area contributed by atoms with E-state index < -0.39 is 0 Å². The van der Waals surface area contributed by atoms with Crippen LogP contribution in [0.2, 0.25) is 0 Å². The summed E-state index contributed by atoms with van der Waals surface area (Å²) in [4.78, 5) is 23.3. The van der Waals surface area contributed by atoms with Crippen LogP contribution >= 0.6 is 0 Å². The molecule has 6 nitrogen and oxygen atoms in total. The summed E-state index contributed by atoms with van der Waals surface area (Å²) < 4.78 is 7.38. The summed E-state index contributed by atoms with van der Waals surface area (Å²) in [5.74, 6) is 0.642. The Balaban J connectivity index is 2.14. The molecule has 0 saturated carbocycles. The van der Waals surface area contributed by atoms with Crippen molar-refractivity contribution < 1.29 is 9.53 Å². The standard InChI is InChI=1S/C13H18N4O2/c1-4-19-10(3)17-6-5-14-12(17)7-11(18)13-9(2)15-8-16-13/h5-6,8,10H,4,7H2,1-3H3,(H,15,16). The molecule has 2 aromatic rings. The maximum Gasteiger partial charge on any atom is 0.190 e. The Morgan fingerprint density at radius 3 is 2.95 bits per heavy atom. The van der Waals surface area contributed by atoms with Gasteiger partial charge in [0.25, 0.3) is 0 Å². The number of Topliss-reactive ketones (excluding diaryl/α,β-unsaturated/α-hetero) is 1. The van der Waals surface area contributed by atoms with Gasteiger partial charge in [-0.05, 0) is 20.8 Å². The number of hydrogen-bond donors (Lipinski definition) is 1. The van der Waals surface area contributed by atoms with Crippen LogP contribution < -0.4 is 0 Å². The fourth-order valence-corrected chi connectivity index (χ4v) is 2.00. The van der Waals surface area contributed by atoms with Gasteiger partial charge in [0.2, 0.25) is 0 Å². The Kier molecular flexibility index (Phi) is 4.11. The first-order valence-electron chi connectivity index (χ1n) is 6.30. The van der Waals surface area contributed by atoms with Gasteiger partial charge in [0, 0.05) is 24.7 Å². The SMILES string of the molecule is CCOC(C)n1ccnc1CC(=O)c1nc[nH]c1C. The lowest BCUT2D eigenvalue weighted by molar-refractivity contribution is 0.0228. The van der Waals surface area contributed by atoms with E-state index in [0.717, 1.165) is 5.69 Å². The number of aryl methyl sites for hydroxylation is 1. The molecule has 0 aliphatic heterocycles. The van der Waals surface area contributed by atoms with Crippen molar-refractivity contribution in [1.29, 1.82) is 0 Å². The number of carbonyl (C=O) groups excluding carboxylic acids is 1. The van der Waals surface area contributed by atoms with Gasteiger partial charge in [0.15, 0.2) is 5.78 Å². The molecule has 0 spiro atoms. The molecule has 0 aliphatic rings. The normalized spacial score (nSPS) is 12.6. The zero-order valence-corrected chi connectivity index (χ0v) is 11.4. The summed E-state index contributed by atoms with van der Waals surface area (Å²) in [6.07, 6.45) is 5.11. The Morgan fingerprint density at radius 1 is 1.53 bits per heavy atom. The van der Waals surface area contributed by atoms with Crippen LogP contribution in [0.5, 0.6) is 0 Å². The minimum atomic E-state index is -0.129. The average molecular weight is 262 g/mol. The van der Waals surface area contributed by atoms with Crippen molar-refractivity contribution in [3.05, 3.63) is 35.9 Å². The van der Waals surface area contributed by atoms with E-state index in [9.17, 15) is 4.79 Å². The van der Waals surface area contributed by atoms with Crippen molar-refractivity contribution in [1.82, 2.24) is 19.5 Å². The maximum absolute atomic E-state index is 12.2. The molecule has 0 aliphatic carbocycles. The van der Waals surface area contributed by atoms with Gasteiger partial charge in [-0.3, -0.25) is 4.79 Å². The average Bonchev–Trinajstić information content (AvgIpc) is 2.98. The molecule has 19 heavy (non-hydrogen) atoms. The van der Waals surface area contributed by atoms with Crippen molar-refractivity contribution in [2.24, 2.45) is 0 Å². The molecular formula is C13H18N4O2. The van der Waals surface area contributed by atoms with Crippen molar-refractivity contribution >= 4 is 5.78 Å². The van der Waals surface area contributed by atoms with Crippen LogP contribution in [0.3, 0.4) is 0 Å². The summed E-state index contributed by atoms with van der Waals surface area (Å²) >= 11 is 0. The number of hydrogen-bond acceptors (Lipinski definition) is 4. The molecule has 2 aromatic heterocycles. The smallest absolute Gasteiger partial charge is 0.190 e. The number of rotatable bonds is 6. The first-order chi connectivity index (χ1) is 9.13. The summed E-state index contributed by atoms with van der Waals surface area (Å²) in [6, 6.07) is 0. The summed E-state index contributed by atoms with van der Waals surface area (Å²) in [5.41, 5.74) is 1.25. The molecule has 1 unspecified atom stereocenters. The summed E-state index contributed by atoms with van der Waals surface area (Å²) in [5, 5.41) is 0. The van der Waals surface area contributed by atoms with E-state index in [1.807, 2.05) is 31.5 Å². The van der Waals surface area contributed by atoms with Crippen molar-refractivity contribution in [2.45, 2.75) is 33.4 Å². The van der Waals surface area contributed by atoms with Gasteiger partial charge >= 0.3 is 0 Å². The van der Waals surface area contributed by atoms with Crippen LogP contribution in [-0.4, -0.2) is 31.9 Å². The largest absolute Gasteiger partial charge is 0.359 e. The molecular weight excluding hydrogens is 244 g/mol. The topological polar surface area (TPSA) is 72.8 Å². The van der Waals surface area contributed by atoms with E-state index >= 15 is 0 Å². The molecule has 0 amide bonds. The second-order valence-corrected chi connectivity index (χ2v) is 4.28. The number of ketones is 1. The van der Waals surface area contributed by atoms with E-state index in [2.05, 4.69) is 15.0 Å². The van der Waals surface area contributed by atoms with Gasteiger partial charge in [-0.1, -0.05) is 0 Å². The molecule has 1 atom stereocenters. The molecule has 2 heterocycles. The van der Waals surface area contributed by atoms with Crippen molar-refractivity contribution in [3.63, 3.8) is 0 Å². The molecule has 0 bridgehead atoms. The van der Waals surface area contributed by atoms with E-state index in [0.29, 0.717) is 18.1 Å². The number of aromatic nitrogens is 4. The van der Waals surface area contributed by atoms with Gasteiger partial charge in [-0.2, -0.15) is 0 Å². The minimum Gasteiger partial charge on any atom is -0.359 e. The predicted octanol–water partition coefficient (Wildman–Crippen LogP) is 1.90. The number of nitrogens with zero attached hydrogens (tertiary/aromatic N) is 3. The lowest BCUT2D eigenvalue weighted by Crippen LogP contribution is -2.15. The Hall–Kier alpha value is -1.95. The first-order valence-corrected chi connectivity index (χ1v) is 6.30. The summed E-state index contributed by atoms with van der Waals surface area (Å²) in [6.45, 7) is 6.31. The van der Waals surface area contributed by atoms with E-state index in [4.69, 9.17) is 4.74 Å². The number of aromatic amines is 1. The molecule has 0 radical (unpaired) electrons. The van der Waals surface area contributed by atoms with E-state index in [-0.39, 0.29) is 18.4 Å². The Bertz CT molecular complexity index is 558. The highest BCUT2D eigenvalue weighted by Gasteiger charge is 2.17. The third-order valence-electron chi connectivity index (χ3n) is 2.96. The maximum atomic E-state index is 12.2. The van der Waals surface area contributed by atoms with Crippen molar-refractivity contribution in [2.75, 3.05) is 6.61 Å². The number of ether oxygens (including phenoxy) is 1. The third kappa shape index (κ3) is 2.90. The predicted molar refractivity (Wildman–Crippen MR) is 69.9 cm³/mol. The van der Waals surface area contributed by atoms with E-state index in [1.54, 1.807) is 6.20 Å². The number of imidazole rings is 2. The van der Waals surface area contributed by atoms with Crippen LogP contribution in [0.15, 0.2) is 18.7 Å². The molecule has 1 N–H and O–H groups in total. The van der Waals surface area contributed by atoms with Crippen molar-refractivity contribution in [3.8, 4) is 0 Å². The van der Waals surface area contributed by atoms with Crippen LogP contribution in [0.4, 0.5) is 0 Å².